The Morgan fingerprint density at radius 2 is 1.73 bits per heavy atom. The predicted molar refractivity (Wildman–Crippen MR) is 85.8 cm³/mol. The summed E-state index contributed by atoms with van der Waals surface area (Å²) in [7, 11) is 0. The maximum atomic E-state index is 13.5. The van der Waals surface area contributed by atoms with Crippen molar-refractivity contribution in [3.05, 3.63) is 29.6 Å². The van der Waals surface area contributed by atoms with Crippen molar-refractivity contribution in [2.45, 2.75) is 6.92 Å². The van der Waals surface area contributed by atoms with Crippen molar-refractivity contribution in [3.63, 3.8) is 0 Å². The van der Waals surface area contributed by atoms with Crippen LogP contribution in [0.15, 0.2) is 12.1 Å². The van der Waals surface area contributed by atoms with Gasteiger partial charge in [-0.2, -0.15) is 0 Å². The molecule has 1 aromatic rings. The number of halogens is 3. The van der Waals surface area contributed by atoms with E-state index in [4.69, 9.17) is 0 Å². The van der Waals surface area contributed by atoms with Gasteiger partial charge in [0, 0.05) is 6.92 Å². The summed E-state index contributed by atoms with van der Waals surface area (Å²) in [4.78, 5) is 37.5. The molecule has 1 aliphatic heterocycles. The molecule has 1 aromatic carbocycles. The summed E-state index contributed by atoms with van der Waals surface area (Å²) in [6.45, 7) is 3.58. The lowest BCUT2D eigenvalue weighted by atomic mass is 10.2. The number of hydrogen-bond acceptors (Lipinski definition) is 3. The molecule has 0 saturated carbocycles. The van der Waals surface area contributed by atoms with Crippen LogP contribution in [0.4, 0.5) is 18.9 Å². The van der Waals surface area contributed by atoms with Crippen LogP contribution in [0.5, 0.6) is 0 Å². The molecule has 7 nitrogen and oxygen atoms in total. The van der Waals surface area contributed by atoms with Crippen molar-refractivity contribution < 1.29 is 32.5 Å². The number of carbonyl (C=O) groups is 3. The van der Waals surface area contributed by atoms with E-state index in [9.17, 15) is 27.6 Å². The van der Waals surface area contributed by atoms with Crippen molar-refractivity contribution >= 4 is 23.4 Å². The second kappa shape index (κ2) is 8.65. The van der Waals surface area contributed by atoms with E-state index >= 15 is 0 Å². The minimum Gasteiger partial charge on any atom is -0.342 e. The van der Waals surface area contributed by atoms with Gasteiger partial charge < -0.3 is 20.4 Å². The van der Waals surface area contributed by atoms with Gasteiger partial charge >= 0.3 is 0 Å². The Morgan fingerprint density at radius 1 is 1.08 bits per heavy atom. The first-order valence-corrected chi connectivity index (χ1v) is 8.07. The van der Waals surface area contributed by atoms with Crippen LogP contribution in [0.1, 0.15) is 6.92 Å². The molecule has 0 radical (unpaired) electrons. The number of nitrogens with one attached hydrogen (secondary N) is 3. The van der Waals surface area contributed by atoms with Gasteiger partial charge in [-0.05, 0) is 12.1 Å². The normalized spacial score (nSPS) is 14.8. The molecule has 0 unspecified atom stereocenters. The van der Waals surface area contributed by atoms with Crippen LogP contribution in [-0.2, 0) is 14.4 Å². The molecule has 0 atom stereocenters. The van der Waals surface area contributed by atoms with E-state index in [1.165, 1.54) is 6.92 Å². The number of anilines is 1. The van der Waals surface area contributed by atoms with Gasteiger partial charge in [-0.1, -0.05) is 0 Å². The summed E-state index contributed by atoms with van der Waals surface area (Å²) >= 11 is 0. The monoisotopic (exact) mass is 373 g/mol. The van der Waals surface area contributed by atoms with Gasteiger partial charge in [0.15, 0.2) is 24.0 Å². The molecule has 10 heteroatoms. The highest BCUT2D eigenvalue weighted by atomic mass is 19.2. The maximum Gasteiger partial charge on any atom is 0.275 e. The Morgan fingerprint density at radius 3 is 2.35 bits per heavy atom. The van der Waals surface area contributed by atoms with E-state index in [-0.39, 0.29) is 18.4 Å². The first kappa shape index (κ1) is 19.7. The summed E-state index contributed by atoms with van der Waals surface area (Å²) < 4.78 is 39.4. The van der Waals surface area contributed by atoms with Crippen molar-refractivity contribution in [2.24, 2.45) is 0 Å². The molecule has 0 aliphatic carbocycles. The lowest BCUT2D eigenvalue weighted by molar-refractivity contribution is -0.896. The summed E-state index contributed by atoms with van der Waals surface area (Å²) in [5.41, 5.74) is -0.505. The van der Waals surface area contributed by atoms with Crippen molar-refractivity contribution in [1.82, 2.24) is 10.2 Å². The molecule has 1 saturated heterocycles. The molecule has 26 heavy (non-hydrogen) atoms. The molecule has 0 bridgehead atoms. The zero-order valence-corrected chi connectivity index (χ0v) is 14.2. The van der Waals surface area contributed by atoms with Crippen LogP contribution in [-0.4, -0.2) is 61.9 Å². The number of quaternary nitrogens is 1. The Labute approximate surface area is 148 Å². The van der Waals surface area contributed by atoms with Crippen LogP contribution < -0.4 is 15.5 Å². The number of carbonyl (C=O) groups excluding carboxylic acids is 3. The lowest BCUT2D eigenvalue weighted by Crippen LogP contribution is -3.15. The van der Waals surface area contributed by atoms with E-state index in [0.717, 1.165) is 11.0 Å². The molecular formula is C16H20F3N4O3+. The highest BCUT2D eigenvalue weighted by Crippen LogP contribution is 2.19. The van der Waals surface area contributed by atoms with E-state index in [1.54, 1.807) is 4.90 Å². The Balaban J connectivity index is 1.75. The van der Waals surface area contributed by atoms with Gasteiger partial charge in [-0.25, -0.2) is 13.2 Å². The minimum atomic E-state index is -1.68. The van der Waals surface area contributed by atoms with Crippen molar-refractivity contribution in [3.8, 4) is 0 Å². The third kappa shape index (κ3) is 5.19. The fraction of sp³-hybridized carbons (Fsp3) is 0.438. The highest BCUT2D eigenvalue weighted by molar-refractivity contribution is 5.94. The fourth-order valence-electron chi connectivity index (χ4n) is 2.60. The van der Waals surface area contributed by atoms with E-state index in [0.29, 0.717) is 32.2 Å². The quantitative estimate of drug-likeness (QED) is 0.574. The van der Waals surface area contributed by atoms with Crippen molar-refractivity contribution in [2.75, 3.05) is 44.6 Å². The largest absolute Gasteiger partial charge is 0.342 e. The molecule has 3 amide bonds. The van der Waals surface area contributed by atoms with E-state index < -0.39 is 35.6 Å². The highest BCUT2D eigenvalue weighted by Gasteiger charge is 2.23. The third-order valence-corrected chi connectivity index (χ3v) is 4.08. The fourth-order valence-corrected chi connectivity index (χ4v) is 2.60. The smallest absolute Gasteiger partial charge is 0.275 e. The SMILES string of the molecule is CC(=O)N1CC[NH+](CC(=O)NCC(=O)Nc2ccc(F)c(F)c2F)CC1. The topological polar surface area (TPSA) is 83.0 Å². The van der Waals surface area contributed by atoms with Crippen LogP contribution in [0.3, 0.4) is 0 Å². The second-order valence-corrected chi connectivity index (χ2v) is 5.98. The summed E-state index contributed by atoms with van der Waals surface area (Å²) in [6, 6.07) is 1.59. The van der Waals surface area contributed by atoms with Gasteiger partial charge in [0.05, 0.1) is 38.4 Å². The molecular weight excluding hydrogens is 353 g/mol. The Hall–Kier alpha value is -2.62. The van der Waals surface area contributed by atoms with Gasteiger partial charge in [0.25, 0.3) is 5.91 Å². The maximum absolute atomic E-state index is 13.5. The summed E-state index contributed by atoms with van der Waals surface area (Å²) in [5, 5.41) is 4.46. The molecule has 0 aromatic heterocycles. The van der Waals surface area contributed by atoms with Gasteiger partial charge in [0.2, 0.25) is 11.8 Å². The van der Waals surface area contributed by atoms with E-state index in [2.05, 4.69) is 10.6 Å². The van der Waals surface area contributed by atoms with Crippen molar-refractivity contribution in [1.29, 1.82) is 0 Å². The van der Waals surface area contributed by atoms with Gasteiger partial charge in [-0.3, -0.25) is 14.4 Å². The van der Waals surface area contributed by atoms with Crippen LogP contribution in [0.25, 0.3) is 0 Å². The lowest BCUT2D eigenvalue weighted by Gasteiger charge is -2.31. The molecule has 1 heterocycles. The van der Waals surface area contributed by atoms with Gasteiger partial charge in [0.1, 0.15) is 0 Å². The first-order valence-electron chi connectivity index (χ1n) is 8.07. The summed E-state index contributed by atoms with van der Waals surface area (Å²) in [5.74, 6) is -5.69. The molecule has 142 valence electrons. The van der Waals surface area contributed by atoms with E-state index in [1.807, 2.05) is 0 Å². The number of piperazine rings is 1. The number of nitrogens with zero attached hydrogens (tertiary/aromatic N) is 1. The number of rotatable bonds is 5. The molecule has 2 rings (SSSR count). The predicted octanol–water partition coefficient (Wildman–Crippen LogP) is -1.09. The number of benzene rings is 1. The molecule has 0 spiro atoms. The van der Waals surface area contributed by atoms with Crippen LogP contribution in [0, 0.1) is 17.5 Å². The van der Waals surface area contributed by atoms with Gasteiger partial charge in [-0.15, -0.1) is 0 Å². The Kier molecular flexibility index (Phi) is 6.56. The zero-order valence-electron chi connectivity index (χ0n) is 14.2. The van der Waals surface area contributed by atoms with Crippen LogP contribution >= 0.6 is 0 Å². The van der Waals surface area contributed by atoms with Crippen LogP contribution in [0.2, 0.25) is 0 Å². The second-order valence-electron chi connectivity index (χ2n) is 5.98. The molecule has 1 aliphatic rings. The average Bonchev–Trinajstić information content (AvgIpc) is 2.61. The molecule has 3 N–H and O–H groups in total. The zero-order chi connectivity index (χ0) is 19.3. The average molecular weight is 373 g/mol. The summed E-state index contributed by atoms with van der Waals surface area (Å²) in [6.07, 6.45) is 0. The standard InChI is InChI=1S/C16H19F3N4O3/c1-10(24)23-6-4-22(5-7-23)9-14(26)20-8-13(25)21-12-3-2-11(17)15(18)16(12)19/h2-3H,4-9H2,1H3,(H,20,26)(H,21,25)/p+1. The Bertz CT molecular complexity index is 706. The first-order chi connectivity index (χ1) is 12.3. The number of hydrogen-bond donors (Lipinski definition) is 3. The number of amides is 3. The molecule has 1 fully saturated rings. The minimum absolute atomic E-state index is 0.00497. The third-order valence-electron chi connectivity index (χ3n) is 4.08.